The number of ether oxygens (including phenoxy) is 1. The third-order valence-corrected chi connectivity index (χ3v) is 3.24. The van der Waals surface area contributed by atoms with E-state index in [1.165, 1.54) is 18.7 Å². The van der Waals surface area contributed by atoms with E-state index in [1.54, 1.807) is 4.68 Å². The summed E-state index contributed by atoms with van der Waals surface area (Å²) < 4.78 is 69.1. The molecule has 0 aliphatic rings. The minimum atomic E-state index is -4.81. The van der Waals surface area contributed by atoms with Gasteiger partial charge in [0.1, 0.15) is 18.4 Å². The van der Waals surface area contributed by atoms with Crippen LogP contribution in [0.4, 0.5) is 27.6 Å². The number of nitrogens with one attached hydrogen (secondary N) is 1. The van der Waals surface area contributed by atoms with E-state index >= 15 is 0 Å². The van der Waals surface area contributed by atoms with Gasteiger partial charge in [0, 0.05) is 11.7 Å². The molecule has 0 fully saturated rings. The van der Waals surface area contributed by atoms with Crippen molar-refractivity contribution in [2.45, 2.75) is 38.7 Å². The molecular weight excluding hydrogens is 335 g/mol. The highest BCUT2D eigenvalue weighted by Gasteiger charge is 2.35. The van der Waals surface area contributed by atoms with Crippen LogP contribution in [-0.2, 0) is 12.7 Å². The normalized spacial score (nSPS) is 13.1. The fourth-order valence-electron chi connectivity index (χ4n) is 2.11. The summed E-state index contributed by atoms with van der Waals surface area (Å²) in [6.07, 6.45) is -1.36. The zero-order valence-electron chi connectivity index (χ0n) is 12.6. The first kappa shape index (κ1) is 18.0. The van der Waals surface area contributed by atoms with Crippen molar-refractivity contribution in [2.24, 2.45) is 0 Å². The fraction of sp³-hybridized carbons (Fsp3) is 0.429. The van der Waals surface area contributed by atoms with E-state index in [9.17, 15) is 22.0 Å². The molecule has 0 saturated heterocycles. The van der Waals surface area contributed by atoms with E-state index in [1.807, 2.05) is 6.92 Å². The van der Waals surface area contributed by atoms with Gasteiger partial charge >= 0.3 is 12.8 Å². The summed E-state index contributed by atoms with van der Waals surface area (Å²) in [6.45, 7) is -1.08. The molecule has 0 saturated carbocycles. The second-order valence-corrected chi connectivity index (χ2v) is 4.95. The van der Waals surface area contributed by atoms with Crippen molar-refractivity contribution in [1.82, 2.24) is 14.8 Å². The molecule has 0 aliphatic carbocycles. The highest BCUT2D eigenvalue weighted by Crippen LogP contribution is 2.38. The van der Waals surface area contributed by atoms with E-state index in [4.69, 9.17) is 0 Å². The van der Waals surface area contributed by atoms with Crippen LogP contribution in [0, 0.1) is 0 Å². The summed E-state index contributed by atoms with van der Waals surface area (Å²) in [4.78, 5) is 3.79. The van der Waals surface area contributed by atoms with Crippen molar-refractivity contribution >= 4 is 5.69 Å². The first-order valence-corrected chi connectivity index (χ1v) is 7.04. The average Bonchev–Trinajstić information content (AvgIpc) is 2.99. The molecule has 0 aliphatic heterocycles. The Kier molecular flexibility index (Phi) is 5.58. The minimum Gasteiger partial charge on any atom is -0.434 e. The molecule has 10 heteroatoms. The zero-order chi connectivity index (χ0) is 17.7. The van der Waals surface area contributed by atoms with Gasteiger partial charge in [-0.1, -0.05) is 6.92 Å². The molecule has 2 aromatic rings. The maximum absolute atomic E-state index is 13.0. The fourth-order valence-corrected chi connectivity index (χ4v) is 2.11. The average molecular weight is 350 g/mol. The Morgan fingerprint density at radius 2 is 2.04 bits per heavy atom. The molecule has 0 amide bonds. The Balaban J connectivity index is 2.20. The topological polar surface area (TPSA) is 52.0 Å². The number of hydrogen-bond donors (Lipinski definition) is 1. The van der Waals surface area contributed by atoms with Crippen LogP contribution in [0.1, 0.15) is 18.9 Å². The van der Waals surface area contributed by atoms with Gasteiger partial charge in [-0.05, 0) is 24.6 Å². The van der Waals surface area contributed by atoms with E-state index in [0.717, 1.165) is 12.1 Å². The predicted molar refractivity (Wildman–Crippen MR) is 75.8 cm³/mol. The van der Waals surface area contributed by atoms with Crippen LogP contribution in [-0.4, -0.2) is 27.4 Å². The molecule has 1 aromatic carbocycles. The number of halogens is 5. The highest BCUT2D eigenvalue weighted by molar-refractivity contribution is 5.52. The van der Waals surface area contributed by atoms with Gasteiger partial charge in [-0.25, -0.2) is 4.98 Å². The van der Waals surface area contributed by atoms with Crippen molar-refractivity contribution in [3.63, 3.8) is 0 Å². The first-order chi connectivity index (χ1) is 11.3. The van der Waals surface area contributed by atoms with Crippen LogP contribution < -0.4 is 10.1 Å². The monoisotopic (exact) mass is 350 g/mol. The van der Waals surface area contributed by atoms with Crippen LogP contribution in [0.25, 0.3) is 0 Å². The molecule has 1 N–H and O–H groups in total. The van der Waals surface area contributed by atoms with Crippen LogP contribution in [0.3, 0.4) is 0 Å². The van der Waals surface area contributed by atoms with Crippen molar-refractivity contribution in [3.05, 3.63) is 36.4 Å². The van der Waals surface area contributed by atoms with Gasteiger partial charge in [0.25, 0.3) is 0 Å². The first-order valence-electron chi connectivity index (χ1n) is 7.04. The molecule has 5 nitrogen and oxygen atoms in total. The summed E-state index contributed by atoms with van der Waals surface area (Å²) >= 11 is 0. The number of rotatable bonds is 7. The lowest BCUT2D eigenvalue weighted by Crippen LogP contribution is -2.25. The Morgan fingerprint density at radius 3 is 2.58 bits per heavy atom. The van der Waals surface area contributed by atoms with E-state index in [2.05, 4.69) is 20.1 Å². The molecule has 0 bridgehead atoms. The Bertz CT molecular complexity index is 645. The van der Waals surface area contributed by atoms with Gasteiger partial charge in [-0.2, -0.15) is 27.1 Å². The number of alkyl halides is 5. The summed E-state index contributed by atoms with van der Waals surface area (Å²) in [6, 6.07) is 2.67. The minimum absolute atomic E-state index is 0.149. The van der Waals surface area contributed by atoms with Gasteiger partial charge in [0.2, 0.25) is 0 Å². The largest absolute Gasteiger partial charge is 0.434 e. The third kappa shape index (κ3) is 4.80. The predicted octanol–water partition coefficient (Wildman–Crippen LogP) is 3.79. The van der Waals surface area contributed by atoms with Crippen LogP contribution in [0.5, 0.6) is 5.75 Å². The molecule has 1 unspecified atom stereocenters. The summed E-state index contributed by atoms with van der Waals surface area (Å²) in [5.41, 5.74) is -1.11. The summed E-state index contributed by atoms with van der Waals surface area (Å²) in [5.74, 6) is -0.910. The summed E-state index contributed by atoms with van der Waals surface area (Å²) in [5, 5.41) is 6.86. The van der Waals surface area contributed by atoms with Gasteiger partial charge in [-0.15, -0.1) is 0 Å². The quantitative estimate of drug-likeness (QED) is 0.772. The maximum Gasteiger partial charge on any atom is 0.420 e. The van der Waals surface area contributed by atoms with Crippen molar-refractivity contribution in [1.29, 1.82) is 0 Å². The molecule has 1 atom stereocenters. The van der Waals surface area contributed by atoms with Gasteiger partial charge < -0.3 is 10.1 Å². The summed E-state index contributed by atoms with van der Waals surface area (Å²) in [7, 11) is 0. The lowest BCUT2D eigenvalue weighted by atomic mass is 10.1. The Hall–Kier alpha value is -2.39. The van der Waals surface area contributed by atoms with Crippen LogP contribution in [0.15, 0.2) is 30.9 Å². The van der Waals surface area contributed by atoms with Crippen molar-refractivity contribution < 1.29 is 26.7 Å². The SMILES string of the molecule is CCC(Cn1cncn1)Nc1ccc(OC(F)F)c(C(F)(F)F)c1. The molecule has 1 aromatic heterocycles. The van der Waals surface area contributed by atoms with Crippen LogP contribution >= 0.6 is 0 Å². The maximum atomic E-state index is 13.0. The number of hydrogen-bond acceptors (Lipinski definition) is 4. The number of aromatic nitrogens is 3. The molecule has 0 spiro atoms. The Morgan fingerprint density at radius 1 is 1.29 bits per heavy atom. The molecule has 1 heterocycles. The third-order valence-electron chi connectivity index (χ3n) is 3.24. The molecule has 24 heavy (non-hydrogen) atoms. The van der Waals surface area contributed by atoms with Gasteiger partial charge in [0.15, 0.2) is 0 Å². The number of anilines is 1. The molecule has 0 radical (unpaired) electrons. The number of nitrogens with zero attached hydrogens (tertiary/aromatic N) is 3. The van der Waals surface area contributed by atoms with Gasteiger partial charge in [-0.3, -0.25) is 4.68 Å². The molecular formula is C14H15F5N4O. The van der Waals surface area contributed by atoms with Gasteiger partial charge in [0.05, 0.1) is 12.1 Å². The van der Waals surface area contributed by atoms with E-state index < -0.39 is 24.1 Å². The number of benzene rings is 1. The zero-order valence-corrected chi connectivity index (χ0v) is 12.6. The van der Waals surface area contributed by atoms with Crippen molar-refractivity contribution in [2.75, 3.05) is 5.32 Å². The van der Waals surface area contributed by atoms with Crippen molar-refractivity contribution in [3.8, 4) is 5.75 Å². The van der Waals surface area contributed by atoms with E-state index in [0.29, 0.717) is 13.0 Å². The van der Waals surface area contributed by atoms with E-state index in [-0.39, 0.29) is 11.7 Å². The standard InChI is InChI=1S/C14H15F5N4O/c1-2-9(6-23-8-20-7-21-23)22-10-3-4-12(24-13(15)16)11(5-10)14(17,18)19/h3-5,7-9,13,22H,2,6H2,1H3. The Labute approximate surface area is 134 Å². The smallest absolute Gasteiger partial charge is 0.420 e. The lowest BCUT2D eigenvalue weighted by molar-refractivity contribution is -0.141. The molecule has 132 valence electrons. The lowest BCUT2D eigenvalue weighted by Gasteiger charge is -2.20. The van der Waals surface area contributed by atoms with Crippen LogP contribution in [0.2, 0.25) is 0 Å². The second-order valence-electron chi connectivity index (χ2n) is 4.95. The second kappa shape index (κ2) is 7.45. The molecule has 2 rings (SSSR count). The highest BCUT2D eigenvalue weighted by atomic mass is 19.4.